The summed E-state index contributed by atoms with van der Waals surface area (Å²) in [4.78, 5) is 16.1. The molecule has 5 heteroatoms. The molecule has 0 amide bonds. The number of nitrogens with zero attached hydrogens (tertiary/aromatic N) is 2. The number of hydrogen-bond acceptors (Lipinski definition) is 3. The zero-order valence-electron chi connectivity index (χ0n) is 12.9. The van der Waals surface area contributed by atoms with Crippen molar-refractivity contribution in [2.75, 3.05) is 0 Å². The molecule has 19 heavy (non-hydrogen) atoms. The van der Waals surface area contributed by atoms with Crippen molar-refractivity contribution in [1.29, 1.82) is 0 Å². The highest BCUT2D eigenvalue weighted by atomic mass is 79.9. The summed E-state index contributed by atoms with van der Waals surface area (Å²) in [6.45, 7) is 5.18. The van der Waals surface area contributed by atoms with E-state index in [1.165, 1.54) is 0 Å². The molecule has 0 aliphatic rings. The van der Waals surface area contributed by atoms with E-state index in [9.17, 15) is 4.79 Å². The Hall–Kier alpha value is -1.62. The fraction of sp³-hybridized carbons (Fsp3) is 0.286. The summed E-state index contributed by atoms with van der Waals surface area (Å²) in [7, 11) is 0. The first-order valence-electron chi connectivity index (χ1n) is 6.75. The molecule has 1 aromatic carbocycles. The third-order valence-electron chi connectivity index (χ3n) is 2.18. The fourth-order valence-corrected chi connectivity index (χ4v) is 1.90. The second-order valence-electron chi connectivity index (χ2n) is 4.97. The third-order valence-corrected chi connectivity index (χ3v) is 2.88. The van der Waals surface area contributed by atoms with Crippen LogP contribution in [0.2, 0.25) is 0 Å². The number of hydrogen-bond donors (Lipinski definition) is 0. The van der Waals surface area contributed by atoms with Crippen molar-refractivity contribution >= 4 is 22.0 Å². The second kappa shape index (κ2) is 5.17. The van der Waals surface area contributed by atoms with Crippen LogP contribution >= 0.6 is 15.9 Å². The molecule has 0 saturated carbocycles. The Bertz CT molecular complexity index is 693. The molecule has 0 unspecified atom stereocenters. The van der Waals surface area contributed by atoms with E-state index in [4.69, 9.17) is 7.48 Å². The average molecular weight is 325 g/mol. The van der Waals surface area contributed by atoms with Crippen molar-refractivity contribution in [2.45, 2.75) is 26.4 Å². The van der Waals surface area contributed by atoms with Crippen molar-refractivity contribution in [3.05, 3.63) is 41.2 Å². The summed E-state index contributed by atoms with van der Waals surface area (Å²) in [6, 6.07) is 7.22. The first kappa shape index (κ1) is 11.2. The van der Waals surface area contributed by atoms with Crippen LogP contribution in [0.4, 0.5) is 4.79 Å². The summed E-state index contributed by atoms with van der Waals surface area (Å²) in [6.07, 6.45) is -1.26. The zero-order valence-corrected chi connectivity index (χ0v) is 12.5. The molecule has 0 bridgehead atoms. The maximum absolute atomic E-state index is 12.1. The Morgan fingerprint density at radius 1 is 1.42 bits per heavy atom. The van der Waals surface area contributed by atoms with Crippen molar-refractivity contribution in [2.24, 2.45) is 0 Å². The van der Waals surface area contributed by atoms with Crippen LogP contribution in [-0.2, 0) is 4.74 Å². The van der Waals surface area contributed by atoms with E-state index in [2.05, 4.69) is 20.9 Å². The minimum atomic E-state index is -0.775. The molecule has 1 heterocycles. The molecular formula is C14H15BrN2O2. The SMILES string of the molecule is [2H]c1nc(-c2ccccc2Br)c([2H])n1C(=O)OC(C)(C)C. The molecule has 4 nitrogen and oxygen atoms in total. The van der Waals surface area contributed by atoms with Crippen molar-refractivity contribution in [3.63, 3.8) is 0 Å². The number of carbonyl (C=O) groups excluding carboxylic acids is 1. The zero-order chi connectivity index (χ0) is 15.8. The third kappa shape index (κ3) is 3.44. The minimum absolute atomic E-state index is 0.166. The van der Waals surface area contributed by atoms with Crippen LogP contribution in [0.3, 0.4) is 0 Å². The van der Waals surface area contributed by atoms with E-state index >= 15 is 0 Å². The van der Waals surface area contributed by atoms with Crippen LogP contribution < -0.4 is 0 Å². The molecule has 0 atom stereocenters. The van der Waals surface area contributed by atoms with Gasteiger partial charge in [-0.05, 0) is 26.8 Å². The first-order chi connectivity index (χ1) is 9.70. The quantitative estimate of drug-likeness (QED) is 0.793. The Kier molecular flexibility index (Phi) is 3.05. The lowest BCUT2D eigenvalue weighted by molar-refractivity contribution is 0.0536. The molecule has 100 valence electrons. The molecule has 0 saturated heterocycles. The summed E-state index contributed by atoms with van der Waals surface area (Å²) in [5, 5.41) is 0. The van der Waals surface area contributed by atoms with Gasteiger partial charge >= 0.3 is 6.09 Å². The Labute approximate surface area is 123 Å². The number of halogens is 1. The lowest BCUT2D eigenvalue weighted by Crippen LogP contribution is -2.26. The van der Waals surface area contributed by atoms with E-state index in [-0.39, 0.29) is 18.2 Å². The summed E-state index contributed by atoms with van der Waals surface area (Å²) in [5.41, 5.74) is 0.213. The van der Waals surface area contributed by atoms with Gasteiger partial charge in [0.05, 0.1) is 7.06 Å². The molecule has 0 fully saturated rings. The van der Waals surface area contributed by atoms with Gasteiger partial charge < -0.3 is 4.74 Å². The topological polar surface area (TPSA) is 44.1 Å². The highest BCUT2D eigenvalue weighted by Gasteiger charge is 2.18. The van der Waals surface area contributed by atoms with Crippen molar-refractivity contribution in [1.82, 2.24) is 9.55 Å². The molecule has 1 aromatic heterocycles. The van der Waals surface area contributed by atoms with Crippen molar-refractivity contribution in [3.8, 4) is 11.3 Å². The standard InChI is InChI=1S/C14H15BrN2O2/c1-14(2,3)19-13(18)17-8-12(16-9-17)10-6-4-5-7-11(10)15/h4-9H,1-3H3/i8D,9D. The van der Waals surface area contributed by atoms with Crippen LogP contribution in [0.1, 0.15) is 23.5 Å². The second-order valence-corrected chi connectivity index (χ2v) is 5.82. The van der Waals surface area contributed by atoms with Gasteiger partial charge in [-0.25, -0.2) is 14.3 Å². The molecule has 0 spiro atoms. The van der Waals surface area contributed by atoms with E-state index in [0.717, 1.165) is 9.04 Å². The maximum atomic E-state index is 12.1. The maximum Gasteiger partial charge on any atom is 0.419 e. The first-order valence-corrected chi connectivity index (χ1v) is 6.54. The van der Waals surface area contributed by atoms with Gasteiger partial charge in [-0.1, -0.05) is 34.1 Å². The molecular weight excluding hydrogens is 308 g/mol. The molecule has 0 aliphatic heterocycles. The molecule has 0 radical (unpaired) electrons. The van der Waals surface area contributed by atoms with E-state index in [1.807, 2.05) is 12.1 Å². The normalized spacial score (nSPS) is 12.8. The number of rotatable bonds is 1. The minimum Gasteiger partial charge on any atom is -0.443 e. The summed E-state index contributed by atoms with van der Waals surface area (Å²) in [5.74, 6) is 0. The van der Waals surface area contributed by atoms with Crippen LogP contribution in [-0.4, -0.2) is 21.2 Å². The summed E-state index contributed by atoms with van der Waals surface area (Å²) >= 11 is 3.38. The van der Waals surface area contributed by atoms with Crippen LogP contribution in [0.15, 0.2) is 41.2 Å². The van der Waals surface area contributed by atoms with Crippen LogP contribution in [0.25, 0.3) is 11.3 Å². The van der Waals surface area contributed by atoms with Gasteiger partial charge in [0, 0.05) is 16.2 Å². The lowest BCUT2D eigenvalue weighted by Gasteiger charge is -2.19. The molecule has 0 aliphatic carbocycles. The van der Waals surface area contributed by atoms with Crippen molar-refractivity contribution < 1.29 is 12.3 Å². The largest absolute Gasteiger partial charge is 0.443 e. The molecule has 2 rings (SSSR count). The summed E-state index contributed by atoms with van der Waals surface area (Å²) < 4.78 is 22.7. The Balaban J connectivity index is 2.48. The van der Waals surface area contributed by atoms with E-state index in [0.29, 0.717) is 5.56 Å². The highest BCUT2D eigenvalue weighted by molar-refractivity contribution is 9.10. The lowest BCUT2D eigenvalue weighted by atomic mass is 10.2. The monoisotopic (exact) mass is 324 g/mol. The van der Waals surface area contributed by atoms with Crippen LogP contribution in [0.5, 0.6) is 0 Å². The van der Waals surface area contributed by atoms with Gasteiger partial charge in [-0.2, -0.15) is 0 Å². The molecule has 0 N–H and O–H groups in total. The number of carbonyl (C=O) groups is 1. The number of imidazole rings is 1. The number of aromatic nitrogens is 2. The van der Waals surface area contributed by atoms with E-state index in [1.54, 1.807) is 32.9 Å². The highest BCUT2D eigenvalue weighted by Crippen LogP contribution is 2.26. The Morgan fingerprint density at radius 2 is 2.11 bits per heavy atom. The predicted octanol–water partition coefficient (Wildman–Crippen LogP) is 4.10. The molecule has 2 aromatic rings. The number of benzene rings is 1. The van der Waals surface area contributed by atoms with Gasteiger partial charge in [0.25, 0.3) is 0 Å². The smallest absolute Gasteiger partial charge is 0.419 e. The van der Waals surface area contributed by atoms with Gasteiger partial charge in [0.2, 0.25) is 0 Å². The predicted molar refractivity (Wildman–Crippen MR) is 77.0 cm³/mol. The van der Waals surface area contributed by atoms with Gasteiger partial charge in [0.15, 0.2) is 0 Å². The fourth-order valence-electron chi connectivity index (χ4n) is 1.42. The Morgan fingerprint density at radius 3 is 2.74 bits per heavy atom. The van der Waals surface area contributed by atoms with E-state index < -0.39 is 11.7 Å². The number of ether oxygens (including phenoxy) is 1. The van der Waals surface area contributed by atoms with Gasteiger partial charge in [-0.3, -0.25) is 0 Å². The van der Waals surface area contributed by atoms with Crippen LogP contribution in [0, 0.1) is 0 Å². The van der Waals surface area contributed by atoms with Gasteiger partial charge in [-0.15, -0.1) is 0 Å². The van der Waals surface area contributed by atoms with Gasteiger partial charge in [0.1, 0.15) is 13.3 Å². The average Bonchev–Trinajstić information content (AvgIpc) is 2.63.